The van der Waals surface area contributed by atoms with Crippen LogP contribution in [0.5, 0.6) is 0 Å². The molecule has 0 atom stereocenters. The molecule has 0 heterocycles. The molecule has 5 heteroatoms. The molecule has 0 aliphatic heterocycles. The summed E-state index contributed by atoms with van der Waals surface area (Å²) in [6.07, 6.45) is 5.98. The van der Waals surface area contributed by atoms with Crippen molar-refractivity contribution in [3.05, 3.63) is 29.1 Å². The van der Waals surface area contributed by atoms with Gasteiger partial charge in [0.15, 0.2) is 0 Å². The van der Waals surface area contributed by atoms with Gasteiger partial charge < -0.3 is 10.1 Å². The quantitative estimate of drug-likeness (QED) is 0.474. The van der Waals surface area contributed by atoms with Gasteiger partial charge in [0.05, 0.1) is 28.0 Å². The van der Waals surface area contributed by atoms with Gasteiger partial charge in [0.2, 0.25) is 0 Å². The van der Waals surface area contributed by atoms with Gasteiger partial charge >= 0.3 is 0 Å². The fourth-order valence-corrected chi connectivity index (χ4v) is 1.49. The average molecular weight is 229 g/mol. The molecule has 14 heavy (non-hydrogen) atoms. The SMILES string of the molecule is C#Cc1ccc(NSCl)c(C=N)c1F. The molecule has 1 aromatic carbocycles. The zero-order chi connectivity index (χ0) is 10.6. The van der Waals surface area contributed by atoms with Gasteiger partial charge in [-0.3, -0.25) is 0 Å². The van der Waals surface area contributed by atoms with Crippen molar-refractivity contribution in [1.82, 2.24) is 0 Å². The smallest absolute Gasteiger partial charge is 0.149 e. The molecule has 0 unspecified atom stereocenters. The minimum absolute atomic E-state index is 0.105. The first-order valence-electron chi connectivity index (χ1n) is 3.57. The lowest BCUT2D eigenvalue weighted by Crippen LogP contribution is -1.97. The minimum atomic E-state index is -0.585. The monoisotopic (exact) mass is 228 g/mol. The summed E-state index contributed by atoms with van der Waals surface area (Å²) in [4.78, 5) is 0. The van der Waals surface area contributed by atoms with Gasteiger partial charge in [0, 0.05) is 6.21 Å². The Labute approximate surface area is 90.0 Å². The second-order valence-electron chi connectivity index (χ2n) is 2.36. The van der Waals surface area contributed by atoms with Crippen LogP contribution in [-0.2, 0) is 0 Å². The van der Waals surface area contributed by atoms with Crippen molar-refractivity contribution < 1.29 is 4.39 Å². The Bertz CT molecular complexity index is 401. The van der Waals surface area contributed by atoms with Crippen molar-refractivity contribution in [2.75, 3.05) is 4.72 Å². The van der Waals surface area contributed by atoms with Gasteiger partial charge in [0.1, 0.15) is 5.82 Å². The van der Waals surface area contributed by atoms with Crippen molar-refractivity contribution in [1.29, 1.82) is 5.41 Å². The summed E-state index contributed by atoms with van der Waals surface area (Å²) >= 11 is 0.807. The normalized spacial score (nSPS) is 9.21. The van der Waals surface area contributed by atoms with E-state index in [0.29, 0.717) is 5.69 Å². The highest BCUT2D eigenvalue weighted by atomic mass is 35.7. The Morgan fingerprint density at radius 2 is 2.36 bits per heavy atom. The van der Waals surface area contributed by atoms with Crippen LogP contribution in [0.4, 0.5) is 10.1 Å². The van der Waals surface area contributed by atoms with Gasteiger partial charge in [-0.2, -0.15) is 0 Å². The Hall–Kier alpha value is -1.18. The number of nitrogens with one attached hydrogen (secondary N) is 2. The maximum absolute atomic E-state index is 13.5. The molecule has 0 saturated heterocycles. The standard InChI is InChI=1S/C9H6ClFN2S/c1-2-6-3-4-8(13-14-10)7(5-12)9(6)11/h1,3-5,12-13H. The van der Waals surface area contributed by atoms with E-state index in [2.05, 4.69) is 10.6 Å². The van der Waals surface area contributed by atoms with Crippen LogP contribution in [0.15, 0.2) is 12.1 Å². The van der Waals surface area contributed by atoms with E-state index in [1.54, 1.807) is 6.07 Å². The summed E-state index contributed by atoms with van der Waals surface area (Å²) in [5.74, 6) is 1.61. The summed E-state index contributed by atoms with van der Waals surface area (Å²) in [5.41, 5.74) is 0.665. The van der Waals surface area contributed by atoms with Crippen LogP contribution < -0.4 is 4.72 Å². The second-order valence-corrected chi connectivity index (χ2v) is 3.18. The van der Waals surface area contributed by atoms with Crippen molar-refractivity contribution in [2.24, 2.45) is 0 Å². The highest BCUT2D eigenvalue weighted by molar-refractivity contribution is 8.22. The van der Waals surface area contributed by atoms with Crippen molar-refractivity contribution in [3.63, 3.8) is 0 Å². The van der Waals surface area contributed by atoms with Crippen LogP contribution in [0.1, 0.15) is 11.1 Å². The number of halogens is 2. The first-order valence-corrected chi connectivity index (χ1v) is 5.22. The molecule has 0 aromatic heterocycles. The molecule has 0 aliphatic rings. The lowest BCUT2D eigenvalue weighted by molar-refractivity contribution is 0.623. The van der Waals surface area contributed by atoms with Gasteiger partial charge in [-0.25, -0.2) is 4.39 Å². The molecule has 0 radical (unpaired) electrons. The van der Waals surface area contributed by atoms with E-state index in [0.717, 1.165) is 17.4 Å². The zero-order valence-corrected chi connectivity index (χ0v) is 8.55. The molecule has 2 nitrogen and oxygen atoms in total. The van der Waals surface area contributed by atoms with Crippen molar-refractivity contribution in [3.8, 4) is 12.3 Å². The second kappa shape index (κ2) is 4.89. The summed E-state index contributed by atoms with van der Waals surface area (Å²) in [5, 5.41) is 7.05. The Balaban J connectivity index is 3.30. The highest BCUT2D eigenvalue weighted by Gasteiger charge is 2.09. The molecule has 1 rings (SSSR count). The lowest BCUT2D eigenvalue weighted by atomic mass is 10.1. The molecule has 0 bridgehead atoms. The van der Waals surface area contributed by atoms with Crippen LogP contribution >= 0.6 is 21.8 Å². The van der Waals surface area contributed by atoms with Crippen LogP contribution in [0.2, 0.25) is 0 Å². The molecule has 0 amide bonds. The first-order chi connectivity index (χ1) is 6.74. The van der Waals surface area contributed by atoms with Gasteiger partial charge in [0.25, 0.3) is 0 Å². The fraction of sp³-hybridized carbons (Fsp3) is 0. The Morgan fingerprint density at radius 3 is 2.86 bits per heavy atom. The van der Waals surface area contributed by atoms with E-state index in [4.69, 9.17) is 22.5 Å². The first kappa shape index (κ1) is 10.9. The average Bonchev–Trinajstić information content (AvgIpc) is 2.19. The predicted octanol–water partition coefficient (Wildman–Crippen LogP) is 3.02. The van der Waals surface area contributed by atoms with Crippen molar-refractivity contribution >= 4 is 33.7 Å². The van der Waals surface area contributed by atoms with Gasteiger partial charge in [-0.05, 0) is 22.8 Å². The predicted molar refractivity (Wildman–Crippen MR) is 59.3 cm³/mol. The number of hydrogen-bond donors (Lipinski definition) is 2. The van der Waals surface area contributed by atoms with E-state index in [1.807, 2.05) is 0 Å². The third-order valence-corrected chi connectivity index (χ3v) is 2.16. The van der Waals surface area contributed by atoms with Gasteiger partial charge in [-0.15, -0.1) is 6.42 Å². The summed E-state index contributed by atoms with van der Waals surface area (Å²) < 4.78 is 16.1. The molecule has 0 fully saturated rings. The Morgan fingerprint density at radius 1 is 1.64 bits per heavy atom. The fourth-order valence-electron chi connectivity index (χ4n) is 0.976. The molecule has 72 valence electrons. The number of rotatable bonds is 3. The summed E-state index contributed by atoms with van der Waals surface area (Å²) in [6, 6.07) is 3.03. The van der Waals surface area contributed by atoms with Crippen LogP contribution in [0.3, 0.4) is 0 Å². The van der Waals surface area contributed by atoms with Crippen LogP contribution in [-0.4, -0.2) is 6.21 Å². The molecule has 2 N–H and O–H groups in total. The summed E-state index contributed by atoms with van der Waals surface area (Å²) in [7, 11) is 5.36. The van der Waals surface area contributed by atoms with Crippen LogP contribution in [0.25, 0.3) is 0 Å². The zero-order valence-electron chi connectivity index (χ0n) is 6.97. The van der Waals surface area contributed by atoms with Gasteiger partial charge in [-0.1, -0.05) is 5.92 Å². The molecule has 0 aliphatic carbocycles. The molecular formula is C9H6ClFN2S. The largest absolute Gasteiger partial charge is 0.316 e. The molecule has 0 saturated carbocycles. The molecule has 1 aromatic rings. The van der Waals surface area contributed by atoms with E-state index in [-0.39, 0.29) is 11.1 Å². The van der Waals surface area contributed by atoms with E-state index in [9.17, 15) is 4.39 Å². The minimum Gasteiger partial charge on any atom is -0.316 e. The van der Waals surface area contributed by atoms with Crippen LogP contribution in [0, 0.1) is 23.6 Å². The van der Waals surface area contributed by atoms with E-state index < -0.39 is 5.82 Å². The molecule has 0 spiro atoms. The third-order valence-electron chi connectivity index (χ3n) is 1.63. The maximum atomic E-state index is 13.5. The lowest BCUT2D eigenvalue weighted by Gasteiger charge is -2.07. The maximum Gasteiger partial charge on any atom is 0.149 e. The third kappa shape index (κ3) is 2.00. The number of benzene rings is 1. The number of terminal acetylenes is 1. The number of anilines is 1. The van der Waals surface area contributed by atoms with E-state index >= 15 is 0 Å². The Kier molecular flexibility index (Phi) is 3.81. The highest BCUT2D eigenvalue weighted by Crippen LogP contribution is 2.23. The molecular weight excluding hydrogens is 223 g/mol. The topological polar surface area (TPSA) is 35.9 Å². The van der Waals surface area contributed by atoms with Crippen molar-refractivity contribution in [2.45, 2.75) is 0 Å². The van der Waals surface area contributed by atoms with E-state index in [1.165, 1.54) is 6.07 Å². The summed E-state index contributed by atoms with van der Waals surface area (Å²) in [6.45, 7) is 0. The number of hydrogen-bond acceptors (Lipinski definition) is 3.